The van der Waals surface area contributed by atoms with E-state index >= 15 is 0 Å². The molecule has 0 aromatic rings. The Bertz CT molecular complexity index is 292. The van der Waals surface area contributed by atoms with Gasteiger partial charge >= 0.3 is 0 Å². The first kappa shape index (κ1) is 13.9. The number of fused-ring (bicyclic) bond motifs is 2. The van der Waals surface area contributed by atoms with E-state index in [1.54, 1.807) is 0 Å². The lowest BCUT2D eigenvalue weighted by molar-refractivity contribution is -0.132. The number of amides is 1. The van der Waals surface area contributed by atoms with E-state index < -0.39 is 0 Å². The van der Waals surface area contributed by atoms with Crippen LogP contribution in [0, 0.1) is 17.8 Å². The van der Waals surface area contributed by atoms with Gasteiger partial charge in [0, 0.05) is 13.6 Å². The van der Waals surface area contributed by atoms with Crippen LogP contribution in [0.15, 0.2) is 0 Å². The molecule has 2 rings (SSSR count). The van der Waals surface area contributed by atoms with Crippen LogP contribution in [-0.4, -0.2) is 30.4 Å². The number of unbranched alkanes of at least 4 members (excludes halogenated alkanes) is 1. The van der Waals surface area contributed by atoms with Crippen LogP contribution < -0.4 is 5.73 Å². The Labute approximate surface area is 111 Å². The van der Waals surface area contributed by atoms with E-state index in [0.29, 0.717) is 0 Å². The Hall–Kier alpha value is -0.570. The molecule has 4 unspecified atom stereocenters. The highest BCUT2D eigenvalue weighted by molar-refractivity contribution is 5.81. The summed E-state index contributed by atoms with van der Waals surface area (Å²) in [6.07, 6.45) is 8.55. The second-order valence-electron chi connectivity index (χ2n) is 6.40. The normalized spacial score (nSPS) is 31.6. The van der Waals surface area contributed by atoms with E-state index in [0.717, 1.165) is 43.6 Å². The van der Waals surface area contributed by atoms with Gasteiger partial charge in [-0.3, -0.25) is 4.79 Å². The van der Waals surface area contributed by atoms with Crippen molar-refractivity contribution in [2.45, 2.75) is 57.9 Å². The molecule has 4 atom stereocenters. The third kappa shape index (κ3) is 3.05. The zero-order chi connectivity index (χ0) is 13.1. The van der Waals surface area contributed by atoms with Gasteiger partial charge in [-0.2, -0.15) is 0 Å². The maximum absolute atomic E-state index is 12.1. The molecule has 2 N–H and O–H groups in total. The maximum Gasteiger partial charge on any atom is 0.239 e. The van der Waals surface area contributed by atoms with Crippen LogP contribution in [0.5, 0.6) is 0 Å². The fraction of sp³-hybridized carbons (Fsp3) is 0.933. The van der Waals surface area contributed by atoms with Gasteiger partial charge in [-0.1, -0.05) is 26.2 Å². The Morgan fingerprint density at radius 2 is 2.17 bits per heavy atom. The lowest BCUT2D eigenvalue weighted by Crippen LogP contribution is -2.44. The summed E-state index contributed by atoms with van der Waals surface area (Å²) >= 11 is 0. The van der Waals surface area contributed by atoms with Crippen molar-refractivity contribution in [1.82, 2.24) is 4.90 Å². The van der Waals surface area contributed by atoms with Gasteiger partial charge in [0.25, 0.3) is 0 Å². The van der Waals surface area contributed by atoms with Gasteiger partial charge in [0.2, 0.25) is 5.91 Å². The van der Waals surface area contributed by atoms with Crippen molar-refractivity contribution >= 4 is 5.91 Å². The Morgan fingerprint density at radius 1 is 1.39 bits per heavy atom. The largest absolute Gasteiger partial charge is 0.344 e. The highest BCUT2D eigenvalue weighted by atomic mass is 16.2. The molecule has 0 aromatic heterocycles. The summed E-state index contributed by atoms with van der Waals surface area (Å²) in [6.45, 7) is 3.07. The van der Waals surface area contributed by atoms with Gasteiger partial charge in [-0.25, -0.2) is 0 Å². The molecule has 0 spiro atoms. The maximum atomic E-state index is 12.1. The fourth-order valence-corrected chi connectivity index (χ4v) is 3.87. The monoisotopic (exact) mass is 252 g/mol. The molecule has 2 fully saturated rings. The van der Waals surface area contributed by atoms with Crippen LogP contribution in [0.4, 0.5) is 0 Å². The van der Waals surface area contributed by atoms with Crippen molar-refractivity contribution in [1.29, 1.82) is 0 Å². The lowest BCUT2D eigenvalue weighted by atomic mass is 9.88. The highest BCUT2D eigenvalue weighted by Crippen LogP contribution is 2.48. The predicted molar refractivity (Wildman–Crippen MR) is 74.1 cm³/mol. The van der Waals surface area contributed by atoms with Crippen LogP contribution in [0.3, 0.4) is 0 Å². The third-order valence-corrected chi connectivity index (χ3v) is 4.96. The standard InChI is InChI=1S/C15H28N2O/c1-3-4-5-14(16)15(18)17(2)10-13-9-11-6-7-12(13)8-11/h11-14H,3-10,16H2,1-2H3. The Morgan fingerprint density at radius 3 is 2.72 bits per heavy atom. The quantitative estimate of drug-likeness (QED) is 0.789. The SMILES string of the molecule is CCCCC(N)C(=O)N(C)CC1CC2CCC1C2. The number of carbonyl (C=O) groups excluding carboxylic acids is 1. The number of nitrogens with two attached hydrogens (primary N) is 1. The summed E-state index contributed by atoms with van der Waals surface area (Å²) in [5.41, 5.74) is 5.96. The molecular weight excluding hydrogens is 224 g/mol. The number of carbonyl (C=O) groups is 1. The first-order chi connectivity index (χ1) is 8.61. The zero-order valence-corrected chi connectivity index (χ0v) is 11.9. The van der Waals surface area contributed by atoms with Crippen molar-refractivity contribution in [3.05, 3.63) is 0 Å². The molecule has 2 bridgehead atoms. The Kier molecular flexibility index (Phi) is 4.66. The summed E-state index contributed by atoms with van der Waals surface area (Å²) in [4.78, 5) is 14.0. The van der Waals surface area contributed by atoms with Gasteiger partial charge in [0.05, 0.1) is 6.04 Å². The molecule has 0 radical (unpaired) electrons. The highest BCUT2D eigenvalue weighted by Gasteiger charge is 2.40. The second kappa shape index (κ2) is 6.05. The molecule has 2 aliphatic carbocycles. The van der Waals surface area contributed by atoms with Crippen molar-refractivity contribution in [3.63, 3.8) is 0 Å². The summed E-state index contributed by atoms with van der Waals surface area (Å²) in [5, 5.41) is 0. The predicted octanol–water partition coefficient (Wildman–Crippen LogP) is 2.40. The summed E-state index contributed by atoms with van der Waals surface area (Å²) in [7, 11) is 1.93. The van der Waals surface area contributed by atoms with E-state index in [1.807, 2.05) is 11.9 Å². The molecule has 0 saturated heterocycles. The number of nitrogens with zero attached hydrogens (tertiary/aromatic N) is 1. The fourth-order valence-electron chi connectivity index (χ4n) is 3.87. The average molecular weight is 252 g/mol. The van der Waals surface area contributed by atoms with Crippen LogP contribution in [0.1, 0.15) is 51.9 Å². The van der Waals surface area contributed by atoms with E-state index in [9.17, 15) is 4.79 Å². The summed E-state index contributed by atoms with van der Waals surface area (Å²) < 4.78 is 0. The zero-order valence-electron chi connectivity index (χ0n) is 11.9. The molecular formula is C15H28N2O. The van der Waals surface area contributed by atoms with E-state index in [-0.39, 0.29) is 11.9 Å². The molecule has 104 valence electrons. The van der Waals surface area contributed by atoms with Gasteiger partial charge in [0.15, 0.2) is 0 Å². The first-order valence-corrected chi connectivity index (χ1v) is 7.62. The van der Waals surface area contributed by atoms with Crippen molar-refractivity contribution in [3.8, 4) is 0 Å². The van der Waals surface area contributed by atoms with Gasteiger partial charge in [-0.15, -0.1) is 0 Å². The number of likely N-dealkylation sites (N-methyl/N-ethyl adjacent to an activating group) is 1. The van der Waals surface area contributed by atoms with E-state index in [2.05, 4.69) is 6.92 Å². The van der Waals surface area contributed by atoms with Gasteiger partial charge in [0.1, 0.15) is 0 Å². The second-order valence-corrected chi connectivity index (χ2v) is 6.40. The minimum atomic E-state index is -0.284. The van der Waals surface area contributed by atoms with E-state index in [1.165, 1.54) is 25.7 Å². The topological polar surface area (TPSA) is 46.3 Å². The van der Waals surface area contributed by atoms with Crippen molar-refractivity contribution in [2.24, 2.45) is 23.5 Å². The van der Waals surface area contributed by atoms with Gasteiger partial charge in [-0.05, 0) is 43.4 Å². The molecule has 0 aliphatic heterocycles. The minimum Gasteiger partial charge on any atom is -0.344 e. The van der Waals surface area contributed by atoms with Crippen molar-refractivity contribution in [2.75, 3.05) is 13.6 Å². The number of hydrogen-bond acceptors (Lipinski definition) is 2. The third-order valence-electron chi connectivity index (χ3n) is 4.96. The average Bonchev–Trinajstić information content (AvgIpc) is 2.97. The van der Waals surface area contributed by atoms with Crippen LogP contribution in [-0.2, 0) is 4.79 Å². The van der Waals surface area contributed by atoms with Gasteiger partial charge < -0.3 is 10.6 Å². The number of hydrogen-bond donors (Lipinski definition) is 1. The molecule has 0 aromatic carbocycles. The number of rotatable bonds is 6. The molecule has 2 saturated carbocycles. The van der Waals surface area contributed by atoms with Crippen LogP contribution in [0.2, 0.25) is 0 Å². The van der Waals surface area contributed by atoms with Crippen LogP contribution in [0.25, 0.3) is 0 Å². The smallest absolute Gasteiger partial charge is 0.239 e. The van der Waals surface area contributed by atoms with Crippen molar-refractivity contribution < 1.29 is 4.79 Å². The first-order valence-electron chi connectivity index (χ1n) is 7.62. The van der Waals surface area contributed by atoms with E-state index in [4.69, 9.17) is 5.73 Å². The molecule has 3 nitrogen and oxygen atoms in total. The molecule has 0 heterocycles. The molecule has 18 heavy (non-hydrogen) atoms. The van der Waals surface area contributed by atoms with Crippen LogP contribution >= 0.6 is 0 Å². The molecule has 3 heteroatoms. The molecule has 1 amide bonds. The summed E-state index contributed by atoms with van der Waals surface area (Å²) in [5.74, 6) is 2.73. The Balaban J connectivity index is 1.77. The summed E-state index contributed by atoms with van der Waals surface area (Å²) in [6, 6.07) is -0.284. The molecule has 2 aliphatic rings. The minimum absolute atomic E-state index is 0.145. The lowest BCUT2D eigenvalue weighted by Gasteiger charge is -2.28.